The molecule has 2 aliphatic rings. The van der Waals surface area contributed by atoms with Crippen LogP contribution in [-0.4, -0.2) is 23.3 Å². The number of nitrogens with one attached hydrogen (secondary N) is 1. The lowest BCUT2D eigenvalue weighted by atomic mass is 9.75. The quantitative estimate of drug-likeness (QED) is 0.505. The summed E-state index contributed by atoms with van der Waals surface area (Å²) in [6, 6.07) is 6.10. The number of hydrogen-bond donors (Lipinski definition) is 1. The van der Waals surface area contributed by atoms with E-state index >= 15 is 0 Å². The van der Waals surface area contributed by atoms with Gasteiger partial charge in [0.05, 0.1) is 17.1 Å². The van der Waals surface area contributed by atoms with Crippen LogP contribution < -0.4 is 5.32 Å². The van der Waals surface area contributed by atoms with Gasteiger partial charge in [-0.15, -0.1) is 0 Å². The number of hydrogen-bond acceptors (Lipinski definition) is 6. The molecular formula is C19H20N2O5. The molecule has 0 bridgehead atoms. The average molecular weight is 356 g/mol. The second-order valence-corrected chi connectivity index (χ2v) is 6.34. The van der Waals surface area contributed by atoms with Crippen LogP contribution in [-0.2, 0) is 14.3 Å². The topological polar surface area (TPSA) is 98.5 Å². The van der Waals surface area contributed by atoms with E-state index in [-0.39, 0.29) is 18.1 Å². The van der Waals surface area contributed by atoms with E-state index < -0.39 is 16.8 Å². The van der Waals surface area contributed by atoms with Crippen molar-refractivity contribution in [1.82, 2.24) is 5.32 Å². The van der Waals surface area contributed by atoms with Crippen molar-refractivity contribution in [2.24, 2.45) is 0 Å². The molecular weight excluding hydrogens is 336 g/mol. The Morgan fingerprint density at radius 1 is 1.38 bits per heavy atom. The molecule has 7 heteroatoms. The lowest BCUT2D eigenvalue weighted by Crippen LogP contribution is -2.34. The van der Waals surface area contributed by atoms with Gasteiger partial charge in [-0.05, 0) is 32.3 Å². The van der Waals surface area contributed by atoms with E-state index in [4.69, 9.17) is 4.74 Å². The molecule has 1 N–H and O–H groups in total. The van der Waals surface area contributed by atoms with E-state index in [0.717, 1.165) is 12.1 Å². The predicted molar refractivity (Wildman–Crippen MR) is 94.2 cm³/mol. The molecule has 1 heterocycles. The maximum Gasteiger partial charge on any atom is 0.336 e. The van der Waals surface area contributed by atoms with Gasteiger partial charge in [0.25, 0.3) is 5.69 Å². The Labute approximate surface area is 150 Å². The number of benzene rings is 1. The maximum absolute atomic E-state index is 12.7. The van der Waals surface area contributed by atoms with Gasteiger partial charge in [-0.3, -0.25) is 14.9 Å². The first-order valence-corrected chi connectivity index (χ1v) is 8.59. The molecule has 1 aliphatic carbocycles. The summed E-state index contributed by atoms with van der Waals surface area (Å²) in [4.78, 5) is 36.0. The van der Waals surface area contributed by atoms with Crippen LogP contribution in [0.1, 0.15) is 44.6 Å². The van der Waals surface area contributed by atoms with Crippen LogP contribution in [0.3, 0.4) is 0 Å². The molecule has 0 saturated carbocycles. The van der Waals surface area contributed by atoms with Gasteiger partial charge < -0.3 is 10.1 Å². The van der Waals surface area contributed by atoms with E-state index in [0.29, 0.717) is 35.2 Å². The molecule has 1 unspecified atom stereocenters. The summed E-state index contributed by atoms with van der Waals surface area (Å²) >= 11 is 0. The number of carbonyl (C=O) groups is 2. The minimum Gasteiger partial charge on any atom is -0.463 e. The smallest absolute Gasteiger partial charge is 0.336 e. The first kappa shape index (κ1) is 17.8. The van der Waals surface area contributed by atoms with Gasteiger partial charge in [0.15, 0.2) is 5.78 Å². The van der Waals surface area contributed by atoms with Crippen molar-refractivity contribution in [2.75, 3.05) is 6.61 Å². The summed E-state index contributed by atoms with van der Waals surface area (Å²) in [6.07, 6.45) is 1.86. The van der Waals surface area contributed by atoms with Crippen LogP contribution >= 0.6 is 0 Å². The number of nitro groups is 1. The Hall–Kier alpha value is -2.96. The molecule has 1 atom stereocenters. The van der Waals surface area contributed by atoms with Crippen LogP contribution in [0, 0.1) is 10.1 Å². The maximum atomic E-state index is 12.7. The highest BCUT2D eigenvalue weighted by atomic mass is 16.6. The lowest BCUT2D eigenvalue weighted by Gasteiger charge is -2.34. The van der Waals surface area contributed by atoms with Crippen molar-refractivity contribution in [3.8, 4) is 0 Å². The summed E-state index contributed by atoms with van der Waals surface area (Å²) in [7, 11) is 0. The highest BCUT2D eigenvalue weighted by Gasteiger charge is 2.39. The highest BCUT2D eigenvalue weighted by molar-refractivity contribution is 6.03. The minimum absolute atomic E-state index is 0.0374. The molecule has 1 aromatic carbocycles. The zero-order valence-corrected chi connectivity index (χ0v) is 14.7. The number of rotatable bonds is 4. The fourth-order valence-electron chi connectivity index (χ4n) is 3.61. The van der Waals surface area contributed by atoms with Crippen molar-refractivity contribution in [3.05, 3.63) is 62.5 Å². The zero-order chi connectivity index (χ0) is 18.8. The van der Waals surface area contributed by atoms with Gasteiger partial charge in [-0.1, -0.05) is 12.1 Å². The first-order valence-electron chi connectivity index (χ1n) is 8.59. The number of non-ortho nitro benzene ring substituents is 1. The second kappa shape index (κ2) is 7.11. The molecule has 7 nitrogen and oxygen atoms in total. The molecule has 136 valence electrons. The second-order valence-electron chi connectivity index (χ2n) is 6.34. The summed E-state index contributed by atoms with van der Waals surface area (Å²) in [5, 5.41) is 14.4. The van der Waals surface area contributed by atoms with Crippen molar-refractivity contribution >= 4 is 17.4 Å². The largest absolute Gasteiger partial charge is 0.463 e. The van der Waals surface area contributed by atoms with Crippen LogP contribution in [0.5, 0.6) is 0 Å². The van der Waals surface area contributed by atoms with Crippen LogP contribution in [0.25, 0.3) is 0 Å². The van der Waals surface area contributed by atoms with Crippen molar-refractivity contribution in [3.63, 3.8) is 0 Å². The molecule has 0 radical (unpaired) electrons. The van der Waals surface area contributed by atoms with E-state index in [9.17, 15) is 19.7 Å². The third-order valence-electron chi connectivity index (χ3n) is 4.69. The number of ether oxygens (including phenoxy) is 1. The molecule has 0 saturated heterocycles. The lowest BCUT2D eigenvalue weighted by molar-refractivity contribution is -0.384. The number of allylic oxidation sites excluding steroid dienone is 3. The standard InChI is InChI=1S/C19H20N2O5/c1-3-26-19(23)16-11(2)20-14-8-5-9-15(22)18(14)17(16)12-6-4-7-13(10-12)21(24)25/h4,6-7,10,17,20H,3,5,8-9H2,1-2H3. The van der Waals surface area contributed by atoms with Gasteiger partial charge in [0.2, 0.25) is 0 Å². The zero-order valence-electron chi connectivity index (χ0n) is 14.7. The molecule has 3 rings (SSSR count). The Morgan fingerprint density at radius 2 is 2.15 bits per heavy atom. The highest BCUT2D eigenvalue weighted by Crippen LogP contribution is 2.43. The molecule has 0 amide bonds. The number of carbonyl (C=O) groups excluding carboxylic acids is 2. The van der Waals surface area contributed by atoms with E-state index in [1.807, 2.05) is 0 Å². The van der Waals surface area contributed by atoms with E-state index in [2.05, 4.69) is 5.32 Å². The molecule has 1 aromatic rings. The van der Waals surface area contributed by atoms with Crippen molar-refractivity contribution in [2.45, 2.75) is 39.0 Å². The Morgan fingerprint density at radius 3 is 2.85 bits per heavy atom. The molecule has 1 aliphatic heterocycles. The Balaban J connectivity index is 2.19. The number of ketones is 1. The minimum atomic E-state index is -0.655. The summed E-state index contributed by atoms with van der Waals surface area (Å²) in [5.41, 5.74) is 2.74. The summed E-state index contributed by atoms with van der Waals surface area (Å²) < 4.78 is 5.19. The Kier molecular flexibility index (Phi) is 4.88. The average Bonchev–Trinajstić information content (AvgIpc) is 2.61. The summed E-state index contributed by atoms with van der Waals surface area (Å²) in [5.74, 6) is -1.21. The van der Waals surface area contributed by atoms with Gasteiger partial charge in [-0.25, -0.2) is 4.79 Å². The van der Waals surface area contributed by atoms with Gasteiger partial charge >= 0.3 is 5.97 Å². The first-order chi connectivity index (χ1) is 12.4. The number of nitro benzene ring substituents is 1. The normalized spacial score (nSPS) is 19.8. The molecule has 0 fully saturated rings. The van der Waals surface area contributed by atoms with E-state index in [1.54, 1.807) is 26.0 Å². The molecule has 0 aromatic heterocycles. The Bertz CT molecular complexity index is 853. The van der Waals surface area contributed by atoms with Gasteiger partial charge in [-0.2, -0.15) is 0 Å². The number of nitrogens with zero attached hydrogens (tertiary/aromatic N) is 1. The van der Waals surface area contributed by atoms with Crippen LogP contribution in [0.15, 0.2) is 46.8 Å². The number of Topliss-reactive ketones (excluding diaryl/α,β-unsaturated/α-hetero) is 1. The number of dihydropyridines is 1. The third kappa shape index (κ3) is 3.12. The fourth-order valence-corrected chi connectivity index (χ4v) is 3.61. The monoisotopic (exact) mass is 356 g/mol. The van der Waals surface area contributed by atoms with Crippen molar-refractivity contribution < 1.29 is 19.2 Å². The third-order valence-corrected chi connectivity index (χ3v) is 4.69. The van der Waals surface area contributed by atoms with Gasteiger partial charge in [0, 0.05) is 41.4 Å². The SMILES string of the molecule is CCOC(=O)C1=C(C)NC2=C(C(=O)CCC2)C1c1cccc([N+](=O)[O-])c1. The molecule has 26 heavy (non-hydrogen) atoms. The molecule has 0 spiro atoms. The van der Waals surface area contributed by atoms with Crippen molar-refractivity contribution in [1.29, 1.82) is 0 Å². The van der Waals surface area contributed by atoms with Gasteiger partial charge in [0.1, 0.15) is 0 Å². The fraction of sp³-hybridized carbons (Fsp3) is 0.368. The summed E-state index contributed by atoms with van der Waals surface area (Å²) in [6.45, 7) is 3.68. The van der Waals surface area contributed by atoms with E-state index in [1.165, 1.54) is 12.1 Å². The van der Waals surface area contributed by atoms with Crippen LogP contribution in [0.2, 0.25) is 0 Å². The number of esters is 1. The predicted octanol–water partition coefficient (Wildman–Crippen LogP) is 3.13. The van der Waals surface area contributed by atoms with Crippen LogP contribution in [0.4, 0.5) is 5.69 Å².